The van der Waals surface area contributed by atoms with E-state index in [0.717, 1.165) is 18.2 Å². The highest BCUT2D eigenvalue weighted by atomic mass is 35.5. The maximum absolute atomic E-state index is 14.4. The van der Waals surface area contributed by atoms with Crippen molar-refractivity contribution in [3.8, 4) is 11.1 Å². The van der Waals surface area contributed by atoms with Crippen LogP contribution in [0.25, 0.3) is 22.0 Å². The molecule has 1 aromatic heterocycles. The molecule has 6 heteroatoms. The summed E-state index contributed by atoms with van der Waals surface area (Å²) in [5.41, 5.74) is 0.998. The second-order valence-electron chi connectivity index (χ2n) is 6.96. The van der Waals surface area contributed by atoms with Crippen molar-refractivity contribution in [2.75, 3.05) is 0 Å². The third-order valence-corrected chi connectivity index (χ3v) is 4.16. The third-order valence-electron chi connectivity index (χ3n) is 3.87. The molecular formula is C20H18ClF2NO2. The van der Waals surface area contributed by atoms with Gasteiger partial charge in [0.05, 0.1) is 5.52 Å². The maximum atomic E-state index is 14.4. The maximum Gasteiger partial charge on any atom is 0.419 e. The highest BCUT2D eigenvalue weighted by Crippen LogP contribution is 2.36. The summed E-state index contributed by atoms with van der Waals surface area (Å²) in [5.74, 6) is -0.985. The van der Waals surface area contributed by atoms with E-state index in [-0.39, 0.29) is 11.4 Å². The van der Waals surface area contributed by atoms with Crippen LogP contribution in [0.5, 0.6) is 0 Å². The summed E-state index contributed by atoms with van der Waals surface area (Å²) >= 11 is 6.04. The van der Waals surface area contributed by atoms with E-state index in [1.54, 1.807) is 39.0 Å². The van der Waals surface area contributed by atoms with Crippen LogP contribution in [0, 0.1) is 11.6 Å². The van der Waals surface area contributed by atoms with Crippen LogP contribution in [0.1, 0.15) is 26.3 Å². The Labute approximate surface area is 155 Å². The SMILES string of the molecule is CC(C)(C)OC(=O)n1cc(-c2cc(F)ccc2F)c2c(CCl)cccc21. The predicted molar refractivity (Wildman–Crippen MR) is 98.5 cm³/mol. The topological polar surface area (TPSA) is 31.2 Å². The highest BCUT2D eigenvalue weighted by molar-refractivity contribution is 6.18. The number of hydrogen-bond acceptors (Lipinski definition) is 2. The molecule has 0 amide bonds. The second-order valence-corrected chi connectivity index (χ2v) is 7.23. The summed E-state index contributed by atoms with van der Waals surface area (Å²) in [6, 6.07) is 8.48. The Kier molecular flexibility index (Phi) is 4.76. The van der Waals surface area contributed by atoms with Crippen LogP contribution in [0.3, 0.4) is 0 Å². The standard InChI is InChI=1S/C20H18ClF2NO2/c1-20(2,3)26-19(25)24-11-15(14-9-13(22)7-8-16(14)23)18-12(10-21)5-4-6-17(18)24/h4-9,11H,10H2,1-3H3. The molecule has 0 unspecified atom stereocenters. The molecule has 136 valence electrons. The van der Waals surface area contributed by atoms with E-state index in [1.165, 1.54) is 10.8 Å². The van der Waals surface area contributed by atoms with Gasteiger partial charge in [0.25, 0.3) is 0 Å². The van der Waals surface area contributed by atoms with Crippen molar-refractivity contribution < 1.29 is 18.3 Å². The minimum absolute atomic E-state index is 0.0647. The van der Waals surface area contributed by atoms with Gasteiger partial charge in [0, 0.05) is 28.6 Å². The lowest BCUT2D eigenvalue weighted by atomic mass is 10.0. The van der Waals surface area contributed by atoms with Crippen molar-refractivity contribution in [2.24, 2.45) is 0 Å². The normalized spacial score (nSPS) is 11.8. The molecule has 3 rings (SSSR count). The van der Waals surface area contributed by atoms with Gasteiger partial charge in [-0.15, -0.1) is 11.6 Å². The van der Waals surface area contributed by atoms with E-state index in [2.05, 4.69) is 0 Å². The molecule has 0 N–H and O–H groups in total. The van der Waals surface area contributed by atoms with Gasteiger partial charge < -0.3 is 4.74 Å². The lowest BCUT2D eigenvalue weighted by Crippen LogP contribution is -2.26. The molecule has 2 aromatic carbocycles. The summed E-state index contributed by atoms with van der Waals surface area (Å²) in [5, 5.41) is 0.595. The van der Waals surface area contributed by atoms with Gasteiger partial charge in [0.1, 0.15) is 17.2 Å². The zero-order valence-electron chi connectivity index (χ0n) is 14.6. The molecule has 1 heterocycles. The summed E-state index contributed by atoms with van der Waals surface area (Å²) in [6.45, 7) is 5.27. The number of aromatic nitrogens is 1. The van der Waals surface area contributed by atoms with Crippen molar-refractivity contribution >= 4 is 28.6 Å². The van der Waals surface area contributed by atoms with Crippen molar-refractivity contribution in [1.29, 1.82) is 0 Å². The third kappa shape index (κ3) is 3.44. The lowest BCUT2D eigenvalue weighted by Gasteiger charge is -2.19. The molecule has 0 aliphatic rings. The van der Waals surface area contributed by atoms with E-state index >= 15 is 0 Å². The van der Waals surface area contributed by atoms with Crippen LogP contribution in [-0.2, 0) is 10.6 Å². The molecule has 26 heavy (non-hydrogen) atoms. The van der Waals surface area contributed by atoms with Gasteiger partial charge in [0.2, 0.25) is 0 Å². The summed E-state index contributed by atoms with van der Waals surface area (Å²) in [6.07, 6.45) is 0.865. The number of hydrogen-bond donors (Lipinski definition) is 0. The second kappa shape index (κ2) is 6.72. The molecule has 0 atom stereocenters. The van der Waals surface area contributed by atoms with Gasteiger partial charge in [-0.3, -0.25) is 4.57 Å². The summed E-state index contributed by atoms with van der Waals surface area (Å²) in [4.78, 5) is 12.6. The number of nitrogens with zero attached hydrogens (tertiary/aromatic N) is 1. The van der Waals surface area contributed by atoms with Crippen molar-refractivity contribution in [1.82, 2.24) is 4.57 Å². The lowest BCUT2D eigenvalue weighted by molar-refractivity contribution is 0.0544. The number of ether oxygens (including phenoxy) is 1. The molecule has 3 aromatic rings. The molecule has 0 spiro atoms. The van der Waals surface area contributed by atoms with Crippen LogP contribution in [0.2, 0.25) is 0 Å². The van der Waals surface area contributed by atoms with Gasteiger partial charge in [-0.1, -0.05) is 12.1 Å². The number of rotatable bonds is 2. The van der Waals surface area contributed by atoms with Gasteiger partial charge in [-0.05, 0) is 50.6 Å². The van der Waals surface area contributed by atoms with Crippen LogP contribution < -0.4 is 0 Å². The Morgan fingerprint density at radius 3 is 2.54 bits per heavy atom. The number of alkyl halides is 1. The average Bonchev–Trinajstić information content (AvgIpc) is 2.95. The molecule has 0 aliphatic carbocycles. The molecule has 0 aliphatic heterocycles. The molecule has 3 nitrogen and oxygen atoms in total. The molecule has 0 saturated carbocycles. The highest BCUT2D eigenvalue weighted by Gasteiger charge is 2.23. The Morgan fingerprint density at radius 1 is 1.15 bits per heavy atom. The minimum atomic E-state index is -0.692. The van der Waals surface area contributed by atoms with E-state index in [4.69, 9.17) is 16.3 Å². The Hall–Kier alpha value is -2.40. The average molecular weight is 378 g/mol. The van der Waals surface area contributed by atoms with Gasteiger partial charge in [-0.25, -0.2) is 13.6 Å². The van der Waals surface area contributed by atoms with Crippen LogP contribution in [0.4, 0.5) is 13.6 Å². The molecule has 0 saturated heterocycles. The fraction of sp³-hybridized carbons (Fsp3) is 0.250. The molecule has 0 fully saturated rings. The first kappa shape index (κ1) is 18.4. The van der Waals surface area contributed by atoms with Gasteiger partial charge >= 0.3 is 6.09 Å². The first-order valence-electron chi connectivity index (χ1n) is 8.09. The van der Waals surface area contributed by atoms with Crippen LogP contribution in [0.15, 0.2) is 42.6 Å². The number of fused-ring (bicyclic) bond motifs is 1. The monoisotopic (exact) mass is 377 g/mol. The Morgan fingerprint density at radius 2 is 1.88 bits per heavy atom. The van der Waals surface area contributed by atoms with Crippen LogP contribution >= 0.6 is 11.6 Å². The zero-order chi connectivity index (χ0) is 19.1. The van der Waals surface area contributed by atoms with E-state index in [9.17, 15) is 13.6 Å². The van der Waals surface area contributed by atoms with Crippen LogP contribution in [-0.4, -0.2) is 16.3 Å². The quantitative estimate of drug-likeness (QED) is 0.504. The van der Waals surface area contributed by atoms with E-state index in [0.29, 0.717) is 22.0 Å². The molecular weight excluding hydrogens is 360 g/mol. The molecule has 0 radical (unpaired) electrons. The zero-order valence-corrected chi connectivity index (χ0v) is 15.4. The number of benzene rings is 2. The van der Waals surface area contributed by atoms with Crippen molar-refractivity contribution in [2.45, 2.75) is 32.3 Å². The van der Waals surface area contributed by atoms with E-state index in [1.807, 2.05) is 0 Å². The summed E-state index contributed by atoms with van der Waals surface area (Å²) in [7, 11) is 0. The number of carbonyl (C=O) groups excluding carboxylic acids is 1. The minimum Gasteiger partial charge on any atom is -0.443 e. The van der Waals surface area contributed by atoms with Crippen molar-refractivity contribution in [3.63, 3.8) is 0 Å². The van der Waals surface area contributed by atoms with Crippen molar-refractivity contribution in [3.05, 3.63) is 59.8 Å². The first-order chi connectivity index (χ1) is 12.2. The van der Waals surface area contributed by atoms with Gasteiger partial charge in [0.15, 0.2) is 0 Å². The smallest absolute Gasteiger partial charge is 0.419 e. The first-order valence-corrected chi connectivity index (χ1v) is 8.62. The fourth-order valence-electron chi connectivity index (χ4n) is 2.84. The number of carbonyl (C=O) groups is 1. The Bertz CT molecular complexity index is 989. The van der Waals surface area contributed by atoms with E-state index < -0.39 is 23.3 Å². The number of halogens is 3. The largest absolute Gasteiger partial charge is 0.443 e. The Balaban J connectivity index is 2.30. The summed E-state index contributed by atoms with van der Waals surface area (Å²) < 4.78 is 34.8. The van der Waals surface area contributed by atoms with Gasteiger partial charge in [-0.2, -0.15) is 0 Å². The molecule has 0 bridgehead atoms. The predicted octanol–water partition coefficient (Wildman–Crippen LogP) is 6.11. The fourth-order valence-corrected chi connectivity index (χ4v) is 3.07.